The molecule has 1 heterocycles. The molecule has 1 aliphatic heterocycles. The van der Waals surface area contributed by atoms with E-state index < -0.39 is 17.3 Å². The zero-order valence-corrected chi connectivity index (χ0v) is 20.4. The van der Waals surface area contributed by atoms with Crippen molar-refractivity contribution >= 4 is 23.4 Å². The number of hydrogen-bond acceptors (Lipinski definition) is 4. The minimum Gasteiger partial charge on any atom is -0.372 e. The van der Waals surface area contributed by atoms with E-state index >= 15 is 4.39 Å². The smallest absolute Gasteiger partial charge is 0.281 e. The maximum atomic E-state index is 15.1. The second-order valence-electron chi connectivity index (χ2n) is 9.26. The predicted octanol–water partition coefficient (Wildman–Crippen LogP) is 5.23. The average molecular weight is 472 g/mol. The summed E-state index contributed by atoms with van der Waals surface area (Å²) in [5, 5.41) is 15.5. The number of halogens is 1. The number of amides is 1. The van der Waals surface area contributed by atoms with E-state index in [0.29, 0.717) is 11.1 Å². The fourth-order valence-electron chi connectivity index (χ4n) is 4.82. The Kier molecular flexibility index (Phi) is 6.59. The van der Waals surface area contributed by atoms with E-state index in [1.54, 1.807) is 66.7 Å². The molecule has 3 aromatic carbocycles. The molecule has 3 aromatic rings. The van der Waals surface area contributed by atoms with Gasteiger partial charge in [0, 0.05) is 23.4 Å². The van der Waals surface area contributed by atoms with Gasteiger partial charge in [-0.05, 0) is 56.5 Å². The van der Waals surface area contributed by atoms with Crippen molar-refractivity contribution in [3.63, 3.8) is 0 Å². The lowest BCUT2D eigenvalue weighted by atomic mass is 9.85. The van der Waals surface area contributed by atoms with Crippen LogP contribution >= 0.6 is 0 Å². The lowest BCUT2D eigenvalue weighted by molar-refractivity contribution is -0.136. The van der Waals surface area contributed by atoms with Crippen LogP contribution in [0.25, 0.3) is 5.57 Å². The van der Waals surface area contributed by atoms with Gasteiger partial charge in [-0.25, -0.2) is 9.82 Å². The first-order valence-corrected chi connectivity index (χ1v) is 11.7. The highest BCUT2D eigenvalue weighted by Crippen LogP contribution is 2.39. The summed E-state index contributed by atoms with van der Waals surface area (Å²) in [7, 11) is 0. The molecule has 1 amide bonds. The first-order chi connectivity index (χ1) is 16.7. The highest BCUT2D eigenvalue weighted by Gasteiger charge is 2.40. The fourth-order valence-corrected chi connectivity index (χ4v) is 4.82. The number of rotatable bonds is 6. The Morgan fingerprint density at radius 2 is 1.66 bits per heavy atom. The molecule has 0 atom stereocenters. The Bertz CT molecular complexity index is 1240. The minimum absolute atomic E-state index is 0.221. The quantitative estimate of drug-likeness (QED) is 0.382. The van der Waals surface area contributed by atoms with E-state index in [2.05, 4.69) is 35.4 Å². The predicted molar refractivity (Wildman–Crippen MR) is 139 cm³/mol. The Balaban J connectivity index is 1.64. The lowest BCUT2D eigenvalue weighted by Gasteiger charge is -2.42. The Hall–Kier alpha value is -3.77. The second kappa shape index (κ2) is 9.47. The number of benzene rings is 3. The van der Waals surface area contributed by atoms with Gasteiger partial charge in [0.1, 0.15) is 5.82 Å². The topological polar surface area (TPSA) is 64.9 Å². The molecule has 5 nitrogen and oxygen atoms in total. The molecule has 4 rings (SSSR count). The molecule has 0 saturated carbocycles. The van der Waals surface area contributed by atoms with Crippen LogP contribution in [0.2, 0.25) is 0 Å². The van der Waals surface area contributed by atoms with Gasteiger partial charge in [0.05, 0.1) is 11.8 Å². The van der Waals surface area contributed by atoms with Crippen LogP contribution in [0.1, 0.15) is 49.9 Å². The molecule has 0 unspecified atom stereocenters. The molecular weight excluding hydrogens is 441 g/mol. The van der Waals surface area contributed by atoms with Gasteiger partial charge in [0.15, 0.2) is 5.60 Å². The molecule has 0 fully saturated rings. The zero-order chi connectivity index (χ0) is 25.2. The van der Waals surface area contributed by atoms with Crippen molar-refractivity contribution in [3.8, 4) is 0 Å². The normalized spacial score (nSPS) is 15.0. The monoisotopic (exact) mass is 471 g/mol. The van der Waals surface area contributed by atoms with Crippen LogP contribution in [0.15, 0.2) is 84.0 Å². The molecular formula is C29H30FN3O2. The van der Waals surface area contributed by atoms with Crippen LogP contribution in [0.3, 0.4) is 0 Å². The van der Waals surface area contributed by atoms with Gasteiger partial charge in [-0.2, -0.15) is 5.10 Å². The van der Waals surface area contributed by atoms with E-state index in [1.165, 1.54) is 12.3 Å². The van der Waals surface area contributed by atoms with Gasteiger partial charge in [-0.1, -0.05) is 66.7 Å². The molecule has 0 bridgehead atoms. The van der Waals surface area contributed by atoms with Gasteiger partial charge in [0.2, 0.25) is 0 Å². The fraction of sp³-hybridized carbons (Fsp3) is 0.241. The van der Waals surface area contributed by atoms with E-state index in [-0.39, 0.29) is 11.1 Å². The molecule has 0 radical (unpaired) electrons. The summed E-state index contributed by atoms with van der Waals surface area (Å²) < 4.78 is 15.1. The van der Waals surface area contributed by atoms with Crippen molar-refractivity contribution in [2.24, 2.45) is 5.10 Å². The van der Waals surface area contributed by atoms with Gasteiger partial charge in [-0.15, -0.1) is 0 Å². The molecule has 0 spiro atoms. The second-order valence-corrected chi connectivity index (χ2v) is 9.26. The maximum absolute atomic E-state index is 15.1. The number of allylic oxidation sites excluding steroid dienone is 1. The van der Waals surface area contributed by atoms with Crippen molar-refractivity contribution in [2.75, 3.05) is 11.4 Å². The van der Waals surface area contributed by atoms with Crippen molar-refractivity contribution in [1.82, 2.24) is 5.43 Å². The number of nitrogens with zero attached hydrogens (tertiary/aromatic N) is 2. The summed E-state index contributed by atoms with van der Waals surface area (Å²) in [5.74, 6) is -1.17. The number of hydrogen-bond donors (Lipinski definition) is 2. The van der Waals surface area contributed by atoms with Crippen LogP contribution in [0.5, 0.6) is 0 Å². The van der Waals surface area contributed by atoms with Gasteiger partial charge in [0.25, 0.3) is 5.91 Å². The standard InChI is InChI=1S/C29H30FN3O2/c1-5-33-26-17-25(30)21(16-24(26)20(2)18-28(33,3)4)19-31-32-27(34)29(35,22-12-8-6-9-13-22)23-14-10-7-11-15-23/h6-19,35H,5H2,1-4H3,(H,32,34)/b31-19-. The van der Waals surface area contributed by atoms with E-state index in [0.717, 1.165) is 23.4 Å². The number of carbonyl (C=O) groups excluding carboxylic acids is 1. The van der Waals surface area contributed by atoms with Gasteiger partial charge in [-0.3, -0.25) is 4.79 Å². The molecule has 180 valence electrons. The lowest BCUT2D eigenvalue weighted by Crippen LogP contribution is -2.45. The summed E-state index contributed by atoms with van der Waals surface area (Å²) in [5.41, 5.74) is 4.09. The van der Waals surface area contributed by atoms with E-state index in [1.807, 2.05) is 13.8 Å². The average Bonchev–Trinajstić information content (AvgIpc) is 2.85. The largest absolute Gasteiger partial charge is 0.372 e. The Morgan fingerprint density at radius 1 is 1.09 bits per heavy atom. The number of nitrogens with one attached hydrogen (secondary N) is 1. The number of fused-ring (bicyclic) bond motifs is 1. The van der Waals surface area contributed by atoms with Crippen LogP contribution in [-0.4, -0.2) is 29.3 Å². The van der Waals surface area contributed by atoms with Gasteiger partial charge >= 0.3 is 0 Å². The van der Waals surface area contributed by atoms with Crippen LogP contribution < -0.4 is 10.3 Å². The Morgan fingerprint density at radius 3 is 2.20 bits per heavy atom. The summed E-state index contributed by atoms with van der Waals surface area (Å²) in [6, 6.07) is 20.6. The zero-order valence-electron chi connectivity index (χ0n) is 20.4. The summed E-state index contributed by atoms with van der Waals surface area (Å²) >= 11 is 0. The van der Waals surface area contributed by atoms with Crippen LogP contribution in [0, 0.1) is 5.82 Å². The molecule has 0 saturated heterocycles. The minimum atomic E-state index is -1.96. The highest BCUT2D eigenvalue weighted by molar-refractivity contribution is 5.92. The van der Waals surface area contributed by atoms with Crippen molar-refractivity contribution in [2.45, 2.75) is 38.8 Å². The number of hydrazone groups is 1. The molecule has 6 heteroatoms. The number of anilines is 1. The Labute approximate surface area is 205 Å². The molecule has 0 aliphatic carbocycles. The molecule has 1 aliphatic rings. The summed E-state index contributed by atoms with van der Waals surface area (Å²) in [6.07, 6.45) is 3.44. The van der Waals surface area contributed by atoms with Crippen LogP contribution in [-0.2, 0) is 10.4 Å². The third kappa shape index (κ3) is 4.49. The first kappa shape index (κ1) is 24.4. The molecule has 2 N–H and O–H groups in total. The maximum Gasteiger partial charge on any atom is 0.281 e. The molecule has 35 heavy (non-hydrogen) atoms. The van der Waals surface area contributed by atoms with Crippen molar-refractivity contribution in [3.05, 3.63) is 107 Å². The number of carbonyl (C=O) groups is 1. The van der Waals surface area contributed by atoms with Crippen molar-refractivity contribution < 1.29 is 14.3 Å². The third-order valence-corrected chi connectivity index (χ3v) is 6.49. The summed E-state index contributed by atoms with van der Waals surface area (Å²) in [4.78, 5) is 15.3. The van der Waals surface area contributed by atoms with E-state index in [4.69, 9.17) is 0 Å². The highest BCUT2D eigenvalue weighted by atomic mass is 19.1. The SMILES string of the molecule is CCN1c2cc(F)c(/C=N\NC(=O)C(O)(c3ccccc3)c3ccccc3)cc2C(C)=CC1(C)C. The third-order valence-electron chi connectivity index (χ3n) is 6.49. The van der Waals surface area contributed by atoms with Crippen molar-refractivity contribution in [1.29, 1.82) is 0 Å². The number of likely N-dealkylation sites (N-methyl/N-ethyl adjacent to an activating group) is 1. The first-order valence-electron chi connectivity index (χ1n) is 11.7. The summed E-state index contributed by atoms with van der Waals surface area (Å²) in [6.45, 7) is 9.00. The molecule has 0 aromatic heterocycles. The van der Waals surface area contributed by atoms with E-state index in [9.17, 15) is 9.90 Å². The van der Waals surface area contributed by atoms with Gasteiger partial charge < -0.3 is 10.0 Å². The van der Waals surface area contributed by atoms with Crippen LogP contribution in [0.4, 0.5) is 10.1 Å². The number of aliphatic hydroxyl groups is 1.